The Kier molecular flexibility index (Phi) is 15.8. The van der Waals surface area contributed by atoms with Gasteiger partial charge in [0.25, 0.3) is 0 Å². The monoisotopic (exact) mass is 454 g/mol. The van der Waals surface area contributed by atoms with Crippen LogP contribution in [0, 0.1) is 6.92 Å². The molecule has 0 N–H and O–H groups in total. The van der Waals surface area contributed by atoms with Crippen LogP contribution in [0.4, 0.5) is 0 Å². The second-order valence-electron chi connectivity index (χ2n) is 7.70. The van der Waals surface area contributed by atoms with Gasteiger partial charge in [-0.2, -0.15) is 0 Å². The molecule has 0 aliphatic carbocycles. The summed E-state index contributed by atoms with van der Waals surface area (Å²) in [5, 5.41) is 0. The van der Waals surface area contributed by atoms with Gasteiger partial charge in [0, 0.05) is 0 Å². The van der Waals surface area contributed by atoms with Crippen molar-refractivity contribution >= 4 is 5.57 Å². The third-order valence-corrected chi connectivity index (χ3v) is 5.26. The van der Waals surface area contributed by atoms with Crippen molar-refractivity contribution in [1.82, 2.24) is 0 Å². The first-order valence-electron chi connectivity index (χ1n) is 12.6. The predicted octanol–water partition coefficient (Wildman–Crippen LogP) is 10.8. The molecule has 0 saturated heterocycles. The SMILES string of the molecule is C=C(C)/C(C(=C)/C=C/C(=C/C)/C=C(/C)CC)=C(/c1ccccc1)c1ccccc1C.CC.CC. The van der Waals surface area contributed by atoms with Crippen molar-refractivity contribution in [1.29, 1.82) is 0 Å². The van der Waals surface area contributed by atoms with Gasteiger partial charge in [-0.15, -0.1) is 0 Å². The van der Waals surface area contributed by atoms with E-state index >= 15 is 0 Å². The number of allylic oxidation sites excluding steroid dienone is 9. The minimum absolute atomic E-state index is 0.964. The van der Waals surface area contributed by atoms with Crippen molar-refractivity contribution < 1.29 is 0 Å². The summed E-state index contributed by atoms with van der Waals surface area (Å²) in [5.74, 6) is 0. The minimum Gasteiger partial charge on any atom is -0.0955 e. The van der Waals surface area contributed by atoms with Crippen molar-refractivity contribution in [2.45, 2.75) is 68.7 Å². The molecular weight excluding hydrogens is 408 g/mol. The van der Waals surface area contributed by atoms with Crippen LogP contribution >= 0.6 is 0 Å². The summed E-state index contributed by atoms with van der Waals surface area (Å²) in [7, 11) is 0. The number of hydrogen-bond acceptors (Lipinski definition) is 0. The molecule has 0 amide bonds. The quantitative estimate of drug-likeness (QED) is 0.348. The highest BCUT2D eigenvalue weighted by atomic mass is 14.2. The zero-order valence-corrected chi connectivity index (χ0v) is 23.1. The van der Waals surface area contributed by atoms with Crippen LogP contribution in [0.1, 0.15) is 78.5 Å². The number of rotatable bonds is 8. The lowest BCUT2D eigenvalue weighted by Gasteiger charge is -2.19. The van der Waals surface area contributed by atoms with Crippen LogP contribution in [-0.2, 0) is 0 Å². The lowest BCUT2D eigenvalue weighted by Crippen LogP contribution is -1.99. The fraction of sp³-hybridized carbons (Fsp3) is 0.294. The fourth-order valence-electron chi connectivity index (χ4n) is 3.44. The van der Waals surface area contributed by atoms with Gasteiger partial charge in [-0.1, -0.05) is 132 Å². The molecule has 182 valence electrons. The van der Waals surface area contributed by atoms with Crippen LogP contribution in [0.25, 0.3) is 5.57 Å². The maximum absolute atomic E-state index is 4.43. The second-order valence-corrected chi connectivity index (χ2v) is 7.70. The van der Waals surface area contributed by atoms with E-state index in [0.29, 0.717) is 0 Å². The molecule has 0 radical (unpaired) electrons. The maximum atomic E-state index is 4.43. The zero-order chi connectivity index (χ0) is 26.1. The van der Waals surface area contributed by atoms with Crippen LogP contribution in [0.2, 0.25) is 0 Å². The standard InChI is InChI=1S/C30H34.2C2H6/c1-8-23(5)21-26(9-2)20-19-25(7)29(22(3)4)30(27-16-11-10-12-17-27)28-18-14-13-15-24(28)6;2*1-2/h9-21H,3,7-8H2,1-2,4-6H3;2*1-2H3/b20-19+,23-21-,26-9-,30-29+;;. The third kappa shape index (κ3) is 9.40. The summed E-state index contributed by atoms with van der Waals surface area (Å²) in [6.45, 7) is 27.4. The van der Waals surface area contributed by atoms with Crippen LogP contribution in [-0.4, -0.2) is 0 Å². The summed E-state index contributed by atoms with van der Waals surface area (Å²) in [4.78, 5) is 0. The molecule has 0 unspecified atom stereocenters. The van der Waals surface area contributed by atoms with Crippen molar-refractivity contribution in [3.63, 3.8) is 0 Å². The van der Waals surface area contributed by atoms with E-state index in [4.69, 9.17) is 0 Å². The molecule has 0 bridgehead atoms. The van der Waals surface area contributed by atoms with Crippen molar-refractivity contribution in [3.8, 4) is 0 Å². The molecule has 0 fully saturated rings. The zero-order valence-electron chi connectivity index (χ0n) is 23.1. The Hall–Kier alpha value is -3.12. The normalized spacial score (nSPS) is 12.1. The molecule has 0 saturated carbocycles. The molecular formula is C34H46. The van der Waals surface area contributed by atoms with Crippen molar-refractivity contribution in [2.75, 3.05) is 0 Å². The van der Waals surface area contributed by atoms with Crippen molar-refractivity contribution in [2.24, 2.45) is 0 Å². The Morgan fingerprint density at radius 3 is 1.88 bits per heavy atom. The van der Waals surface area contributed by atoms with Crippen LogP contribution in [0.5, 0.6) is 0 Å². The first-order valence-corrected chi connectivity index (χ1v) is 12.6. The highest BCUT2D eigenvalue weighted by Crippen LogP contribution is 2.35. The highest BCUT2D eigenvalue weighted by molar-refractivity contribution is 5.89. The van der Waals surface area contributed by atoms with Gasteiger partial charge < -0.3 is 0 Å². The topological polar surface area (TPSA) is 0 Å². The van der Waals surface area contributed by atoms with E-state index < -0.39 is 0 Å². The predicted molar refractivity (Wildman–Crippen MR) is 157 cm³/mol. The lowest BCUT2D eigenvalue weighted by molar-refractivity contribution is 1.10. The van der Waals surface area contributed by atoms with Crippen LogP contribution in [0.3, 0.4) is 0 Å². The van der Waals surface area contributed by atoms with E-state index in [1.54, 1.807) is 0 Å². The summed E-state index contributed by atoms with van der Waals surface area (Å²) in [6, 6.07) is 19.0. The molecule has 0 heterocycles. The fourth-order valence-corrected chi connectivity index (χ4v) is 3.44. The molecule has 0 nitrogen and oxygen atoms in total. The van der Waals surface area contributed by atoms with Gasteiger partial charge in [0.15, 0.2) is 0 Å². The largest absolute Gasteiger partial charge is 0.0955 e. The van der Waals surface area contributed by atoms with Crippen LogP contribution in [0.15, 0.2) is 120 Å². The Bertz CT molecular complexity index is 1020. The molecule has 34 heavy (non-hydrogen) atoms. The van der Waals surface area contributed by atoms with E-state index in [0.717, 1.165) is 23.1 Å². The number of aryl methyl sites for hydroxylation is 1. The lowest BCUT2D eigenvalue weighted by atomic mass is 9.85. The van der Waals surface area contributed by atoms with E-state index in [9.17, 15) is 0 Å². The molecule has 0 spiro atoms. The Morgan fingerprint density at radius 2 is 1.38 bits per heavy atom. The minimum atomic E-state index is 0.964. The van der Waals surface area contributed by atoms with Gasteiger partial charge in [0.1, 0.15) is 0 Å². The maximum Gasteiger partial charge on any atom is -0.00279 e. The van der Waals surface area contributed by atoms with Gasteiger partial charge in [0.2, 0.25) is 0 Å². The summed E-state index contributed by atoms with van der Waals surface area (Å²) in [6.07, 6.45) is 9.67. The van der Waals surface area contributed by atoms with E-state index in [1.165, 1.54) is 33.4 Å². The first-order chi connectivity index (χ1) is 16.4. The van der Waals surface area contributed by atoms with Gasteiger partial charge in [-0.05, 0) is 78.7 Å². The number of hydrogen-bond donors (Lipinski definition) is 0. The van der Waals surface area contributed by atoms with Gasteiger partial charge in [-0.25, -0.2) is 0 Å². The molecule has 0 atom stereocenters. The molecule has 0 heteroatoms. The van der Waals surface area contributed by atoms with Crippen molar-refractivity contribution in [3.05, 3.63) is 137 Å². The second kappa shape index (κ2) is 17.4. The van der Waals surface area contributed by atoms with Gasteiger partial charge in [0.05, 0.1) is 0 Å². The summed E-state index contributed by atoms with van der Waals surface area (Å²) < 4.78 is 0. The summed E-state index contributed by atoms with van der Waals surface area (Å²) in [5.41, 5.74) is 10.4. The summed E-state index contributed by atoms with van der Waals surface area (Å²) >= 11 is 0. The molecule has 0 aliphatic heterocycles. The molecule has 2 aromatic rings. The van der Waals surface area contributed by atoms with Crippen LogP contribution < -0.4 is 0 Å². The number of benzene rings is 2. The Morgan fingerprint density at radius 1 is 0.824 bits per heavy atom. The smallest absolute Gasteiger partial charge is 0.00279 e. The van der Waals surface area contributed by atoms with Gasteiger partial charge >= 0.3 is 0 Å². The third-order valence-electron chi connectivity index (χ3n) is 5.26. The molecule has 2 rings (SSSR count). The Balaban J connectivity index is 0.00000258. The first kappa shape index (κ1) is 30.9. The molecule has 0 aliphatic rings. The molecule has 2 aromatic carbocycles. The Labute approximate surface area is 210 Å². The average Bonchev–Trinajstić information content (AvgIpc) is 2.87. The highest BCUT2D eigenvalue weighted by Gasteiger charge is 2.15. The molecule has 0 aromatic heterocycles. The van der Waals surface area contributed by atoms with E-state index in [-0.39, 0.29) is 0 Å². The average molecular weight is 455 g/mol. The van der Waals surface area contributed by atoms with Gasteiger partial charge in [-0.3, -0.25) is 0 Å². The van der Waals surface area contributed by atoms with E-state index in [2.05, 4.69) is 127 Å². The van der Waals surface area contributed by atoms with E-state index in [1.807, 2.05) is 27.7 Å².